The maximum absolute atomic E-state index is 10.4. The number of hydrogen-bond acceptors (Lipinski definition) is 7. The Morgan fingerprint density at radius 1 is 1.61 bits per heavy atom. The first-order valence-electron chi connectivity index (χ1n) is 5.33. The maximum Gasteiger partial charge on any atom is 0.309 e. The number of cyclic esters (lactones) is 1. The minimum atomic E-state index is -0.971. The van der Waals surface area contributed by atoms with Gasteiger partial charge in [0.05, 0.1) is 24.9 Å². The third-order valence-corrected chi connectivity index (χ3v) is 2.28. The van der Waals surface area contributed by atoms with E-state index in [1.807, 2.05) is 0 Å². The van der Waals surface area contributed by atoms with Crippen molar-refractivity contribution in [2.75, 3.05) is 14.1 Å². The number of rotatable bonds is 5. The molecule has 0 spiro atoms. The summed E-state index contributed by atoms with van der Waals surface area (Å²) < 4.78 is 4.42. The summed E-state index contributed by atoms with van der Waals surface area (Å²) in [7, 11) is 3.22. The quantitative estimate of drug-likeness (QED) is 0.334. The molecule has 0 amide bonds. The number of carboxylic acid groups (broad SMARTS) is 1. The van der Waals surface area contributed by atoms with E-state index in [1.165, 1.54) is 0 Å². The van der Waals surface area contributed by atoms with Crippen molar-refractivity contribution in [3.63, 3.8) is 0 Å². The Labute approximate surface area is 104 Å². The van der Waals surface area contributed by atoms with E-state index in [9.17, 15) is 14.4 Å². The average Bonchev–Trinajstić information content (AvgIpc) is 2.65. The number of nitrogens with one attached hydrogen (secondary N) is 2. The van der Waals surface area contributed by atoms with Crippen molar-refractivity contribution in [1.82, 2.24) is 10.6 Å². The SMILES string of the molecule is CNC(C=O)CC(=O)O.CNC1CC(=O)OC1O. The summed E-state index contributed by atoms with van der Waals surface area (Å²) in [5.74, 6) is -1.32. The Kier molecular flexibility index (Phi) is 7.84. The van der Waals surface area contributed by atoms with Gasteiger partial charge in [-0.3, -0.25) is 9.59 Å². The predicted molar refractivity (Wildman–Crippen MR) is 60.7 cm³/mol. The number of hydrogen-bond donors (Lipinski definition) is 4. The zero-order valence-corrected chi connectivity index (χ0v) is 10.3. The molecule has 4 N–H and O–H groups in total. The van der Waals surface area contributed by atoms with Gasteiger partial charge in [0, 0.05) is 0 Å². The lowest BCUT2D eigenvalue weighted by Gasteiger charge is -2.08. The Bertz CT molecular complexity index is 296. The fraction of sp³-hybridized carbons (Fsp3) is 0.700. The van der Waals surface area contributed by atoms with Gasteiger partial charge in [0.1, 0.15) is 6.29 Å². The van der Waals surface area contributed by atoms with E-state index < -0.39 is 18.3 Å². The number of aliphatic hydroxyl groups is 1. The zero-order valence-electron chi connectivity index (χ0n) is 10.3. The molecule has 1 rings (SSSR count). The standard InChI is InChI=1S/2C5H9NO3/c1-6-3-2-4(7)9-5(3)8;1-6-4(3-7)2-5(8)9/h3,5-6,8H,2H2,1H3;3-4,6H,2H2,1H3,(H,8,9). The molecule has 0 aromatic heterocycles. The molecule has 104 valence electrons. The van der Waals surface area contributed by atoms with E-state index in [0.29, 0.717) is 6.29 Å². The summed E-state index contributed by atoms with van der Waals surface area (Å²) in [5.41, 5.74) is 0. The molecule has 1 fully saturated rings. The third-order valence-electron chi connectivity index (χ3n) is 2.28. The van der Waals surface area contributed by atoms with Crippen LogP contribution in [0.2, 0.25) is 0 Å². The lowest BCUT2D eigenvalue weighted by molar-refractivity contribution is -0.154. The molecule has 18 heavy (non-hydrogen) atoms. The van der Waals surface area contributed by atoms with Crippen molar-refractivity contribution >= 4 is 18.2 Å². The van der Waals surface area contributed by atoms with Crippen LogP contribution in [0.5, 0.6) is 0 Å². The lowest BCUT2D eigenvalue weighted by atomic mass is 10.2. The van der Waals surface area contributed by atoms with Gasteiger partial charge in [0.2, 0.25) is 6.29 Å². The number of carbonyl (C=O) groups is 3. The average molecular weight is 262 g/mol. The van der Waals surface area contributed by atoms with Gasteiger partial charge in [-0.1, -0.05) is 0 Å². The molecule has 0 aliphatic carbocycles. The van der Waals surface area contributed by atoms with Gasteiger partial charge in [-0.05, 0) is 14.1 Å². The Morgan fingerprint density at radius 3 is 2.39 bits per heavy atom. The molecule has 0 radical (unpaired) electrons. The van der Waals surface area contributed by atoms with Crippen LogP contribution in [0.4, 0.5) is 0 Å². The second-order valence-electron chi connectivity index (χ2n) is 3.61. The molecule has 8 nitrogen and oxygen atoms in total. The van der Waals surface area contributed by atoms with Gasteiger partial charge in [-0.25, -0.2) is 0 Å². The van der Waals surface area contributed by atoms with Gasteiger partial charge in [-0.15, -0.1) is 0 Å². The molecule has 8 heteroatoms. The van der Waals surface area contributed by atoms with Crippen molar-refractivity contribution in [2.24, 2.45) is 0 Å². The van der Waals surface area contributed by atoms with Gasteiger partial charge < -0.3 is 30.4 Å². The topological polar surface area (TPSA) is 125 Å². The number of ether oxygens (including phenoxy) is 1. The van der Waals surface area contributed by atoms with E-state index >= 15 is 0 Å². The van der Waals surface area contributed by atoms with Crippen LogP contribution in [0.3, 0.4) is 0 Å². The lowest BCUT2D eigenvalue weighted by Crippen LogP contribution is -2.33. The summed E-state index contributed by atoms with van der Waals surface area (Å²) in [6.07, 6.45) is -0.270. The highest BCUT2D eigenvalue weighted by Crippen LogP contribution is 2.10. The molecule has 0 aromatic rings. The summed E-state index contributed by atoms with van der Waals surface area (Å²) in [4.78, 5) is 30.3. The summed E-state index contributed by atoms with van der Waals surface area (Å²) >= 11 is 0. The van der Waals surface area contributed by atoms with Gasteiger partial charge in [0.25, 0.3) is 0 Å². The van der Waals surface area contributed by atoms with Crippen molar-refractivity contribution < 1.29 is 29.3 Å². The molecule has 0 aromatic carbocycles. The predicted octanol–water partition coefficient (Wildman–Crippen LogP) is -1.91. The van der Waals surface area contributed by atoms with Crippen LogP contribution in [-0.2, 0) is 19.1 Å². The van der Waals surface area contributed by atoms with E-state index in [4.69, 9.17) is 10.2 Å². The smallest absolute Gasteiger partial charge is 0.309 e. The molecule has 1 heterocycles. The molecule has 1 saturated heterocycles. The van der Waals surface area contributed by atoms with Crippen LogP contribution in [0.1, 0.15) is 12.8 Å². The summed E-state index contributed by atoms with van der Waals surface area (Å²) in [6.45, 7) is 0. The van der Waals surface area contributed by atoms with Crippen LogP contribution >= 0.6 is 0 Å². The monoisotopic (exact) mass is 262 g/mol. The molecule has 3 unspecified atom stereocenters. The summed E-state index contributed by atoms with van der Waals surface area (Å²) in [5, 5.41) is 22.3. The van der Waals surface area contributed by atoms with Crippen molar-refractivity contribution in [3.05, 3.63) is 0 Å². The van der Waals surface area contributed by atoms with Crippen LogP contribution < -0.4 is 10.6 Å². The zero-order chi connectivity index (χ0) is 14.1. The van der Waals surface area contributed by atoms with Gasteiger partial charge in [0.15, 0.2) is 0 Å². The number of likely N-dealkylation sites (N-methyl/N-ethyl adjacent to an activating group) is 2. The first-order chi connectivity index (χ1) is 8.44. The Balaban J connectivity index is 0.000000321. The first-order valence-corrected chi connectivity index (χ1v) is 5.33. The van der Waals surface area contributed by atoms with E-state index in [2.05, 4.69) is 15.4 Å². The highest BCUT2D eigenvalue weighted by molar-refractivity contribution is 5.73. The number of carboxylic acids is 1. The minimum Gasteiger partial charge on any atom is -0.481 e. The van der Waals surface area contributed by atoms with Crippen molar-refractivity contribution in [3.8, 4) is 0 Å². The maximum atomic E-state index is 10.4. The molecule has 1 aliphatic heterocycles. The Morgan fingerprint density at radius 2 is 2.22 bits per heavy atom. The van der Waals surface area contributed by atoms with Gasteiger partial charge in [-0.2, -0.15) is 0 Å². The van der Waals surface area contributed by atoms with Crippen molar-refractivity contribution in [1.29, 1.82) is 0 Å². The normalized spacial score (nSPS) is 23.6. The third kappa shape index (κ3) is 6.28. The minimum absolute atomic E-state index is 0.153. The van der Waals surface area contributed by atoms with Gasteiger partial charge >= 0.3 is 11.9 Å². The van der Waals surface area contributed by atoms with E-state index in [1.54, 1.807) is 14.1 Å². The van der Waals surface area contributed by atoms with E-state index in [-0.39, 0.29) is 24.9 Å². The highest BCUT2D eigenvalue weighted by Gasteiger charge is 2.31. The fourth-order valence-corrected chi connectivity index (χ4v) is 1.20. The number of aliphatic hydroxyl groups excluding tert-OH is 1. The molecule has 0 bridgehead atoms. The first kappa shape index (κ1) is 16.5. The molecule has 3 atom stereocenters. The van der Waals surface area contributed by atoms with E-state index in [0.717, 1.165) is 0 Å². The highest BCUT2D eigenvalue weighted by atomic mass is 16.6. The number of aldehydes is 1. The van der Waals surface area contributed by atoms with Crippen molar-refractivity contribution in [2.45, 2.75) is 31.2 Å². The molecular weight excluding hydrogens is 244 g/mol. The van der Waals surface area contributed by atoms with Crippen LogP contribution in [0, 0.1) is 0 Å². The molecular formula is C10H18N2O6. The second kappa shape index (κ2) is 8.56. The molecule has 0 saturated carbocycles. The summed E-state index contributed by atoms with van der Waals surface area (Å²) in [6, 6.07) is -0.778. The largest absolute Gasteiger partial charge is 0.481 e. The number of esters is 1. The van der Waals surface area contributed by atoms with Crippen LogP contribution in [-0.4, -0.2) is 60.9 Å². The van der Waals surface area contributed by atoms with Crippen LogP contribution in [0.15, 0.2) is 0 Å². The number of carbonyl (C=O) groups excluding carboxylic acids is 2. The molecule has 1 aliphatic rings. The Hall–Kier alpha value is -1.51. The van der Waals surface area contributed by atoms with Crippen LogP contribution in [0.25, 0.3) is 0 Å². The second-order valence-corrected chi connectivity index (χ2v) is 3.61. The number of aliphatic carboxylic acids is 1. The fourth-order valence-electron chi connectivity index (χ4n) is 1.20.